The number of urea groups is 1. The second-order valence-electron chi connectivity index (χ2n) is 5.87. The first-order chi connectivity index (χ1) is 11.8. The number of nitrogens with zero attached hydrogens (tertiary/aromatic N) is 3. The minimum Gasteiger partial charge on any atom is -0.354 e. The van der Waals surface area contributed by atoms with Crippen LogP contribution in [0.4, 0.5) is 4.79 Å². The predicted octanol–water partition coefficient (Wildman–Crippen LogP) is -0.257. The largest absolute Gasteiger partial charge is 0.418 e. The van der Waals surface area contributed by atoms with Crippen molar-refractivity contribution in [1.29, 1.82) is 0 Å². The van der Waals surface area contributed by atoms with Gasteiger partial charge in [-0.05, 0) is 25.0 Å². The second-order valence-corrected chi connectivity index (χ2v) is 6.88. The molecule has 2 atom stereocenters. The van der Waals surface area contributed by atoms with E-state index in [0.717, 1.165) is 5.69 Å². The van der Waals surface area contributed by atoms with E-state index in [1.54, 1.807) is 12.3 Å². The van der Waals surface area contributed by atoms with Crippen LogP contribution in [0.15, 0.2) is 24.4 Å². The number of hydrogen-bond donors (Lipinski definition) is 2. The fourth-order valence-electron chi connectivity index (χ4n) is 3.08. The van der Waals surface area contributed by atoms with Crippen molar-refractivity contribution in [3.63, 3.8) is 0 Å². The van der Waals surface area contributed by atoms with E-state index >= 15 is 0 Å². The molecular weight excluding hydrogens is 352 g/mol. The smallest absolute Gasteiger partial charge is 0.354 e. The van der Waals surface area contributed by atoms with E-state index in [1.165, 1.54) is 4.90 Å². The summed E-state index contributed by atoms with van der Waals surface area (Å²) in [6.45, 7) is 0.551. The van der Waals surface area contributed by atoms with Crippen LogP contribution in [0.5, 0.6) is 0 Å². The zero-order valence-corrected chi connectivity index (χ0v) is 14.1. The number of aromatic nitrogens is 1. The van der Waals surface area contributed by atoms with Gasteiger partial charge < -0.3 is 10.2 Å². The third-order valence-corrected chi connectivity index (χ3v) is 4.56. The molecule has 2 unspecified atom stereocenters. The highest BCUT2D eigenvalue weighted by Crippen LogP contribution is 2.30. The molecule has 1 aromatic rings. The summed E-state index contributed by atoms with van der Waals surface area (Å²) >= 11 is 0. The molecule has 1 aromatic heterocycles. The molecule has 3 heterocycles. The van der Waals surface area contributed by atoms with Crippen molar-refractivity contribution in [3.8, 4) is 0 Å². The number of piperidine rings is 1. The normalized spacial score (nSPS) is 23.0. The molecule has 3 amide bonds. The Balaban J connectivity index is 1.57. The van der Waals surface area contributed by atoms with Crippen LogP contribution in [0.3, 0.4) is 0 Å². The standard InChI is InChI=1S/C14H18N4O6S/c19-13(16-8-6-10-3-1-2-7-15-10)12-5-4-11-9-17(12)14(20)18(11)24-25(21,22)23/h1-3,7,11-12H,4-6,8-9H2,(H,16,19)(H,21,22,23). The zero-order chi connectivity index (χ0) is 18.0. The van der Waals surface area contributed by atoms with Gasteiger partial charge in [0.05, 0.1) is 6.04 Å². The third kappa shape index (κ3) is 4.06. The molecule has 2 bridgehead atoms. The molecule has 0 spiro atoms. The monoisotopic (exact) mass is 370 g/mol. The summed E-state index contributed by atoms with van der Waals surface area (Å²) in [6.07, 6.45) is 3.02. The Bertz CT molecular complexity index is 756. The second kappa shape index (κ2) is 6.94. The van der Waals surface area contributed by atoms with Crippen LogP contribution in [-0.4, -0.2) is 65.0 Å². The Morgan fingerprint density at radius 2 is 2.20 bits per heavy atom. The summed E-state index contributed by atoms with van der Waals surface area (Å²) in [7, 11) is -4.79. The lowest BCUT2D eigenvalue weighted by Gasteiger charge is -2.29. The molecule has 2 N–H and O–H groups in total. The van der Waals surface area contributed by atoms with Crippen molar-refractivity contribution >= 4 is 22.3 Å². The first kappa shape index (κ1) is 17.6. The molecule has 0 saturated carbocycles. The van der Waals surface area contributed by atoms with E-state index in [9.17, 15) is 18.0 Å². The maximum absolute atomic E-state index is 12.4. The third-order valence-electron chi connectivity index (χ3n) is 4.21. The Hall–Kier alpha value is -2.24. The quantitative estimate of drug-likeness (QED) is 0.660. The first-order valence-corrected chi connectivity index (χ1v) is 9.16. The van der Waals surface area contributed by atoms with Crippen LogP contribution in [0, 0.1) is 0 Å². The fourth-order valence-corrected chi connectivity index (χ4v) is 3.47. The minimum absolute atomic E-state index is 0.173. The molecule has 11 heteroatoms. The van der Waals surface area contributed by atoms with Crippen LogP contribution in [-0.2, 0) is 25.9 Å². The lowest BCUT2D eigenvalue weighted by Crippen LogP contribution is -2.50. The van der Waals surface area contributed by atoms with Gasteiger partial charge in [-0.25, -0.2) is 4.79 Å². The van der Waals surface area contributed by atoms with Crippen molar-refractivity contribution in [2.75, 3.05) is 13.1 Å². The Labute approximate surface area is 144 Å². The van der Waals surface area contributed by atoms with Crippen molar-refractivity contribution < 1.29 is 26.8 Å². The summed E-state index contributed by atoms with van der Waals surface area (Å²) in [4.78, 5) is 30.0. The van der Waals surface area contributed by atoms with Gasteiger partial charge in [0.2, 0.25) is 5.91 Å². The molecule has 2 aliphatic heterocycles. The number of fused-ring (bicyclic) bond motifs is 2. The van der Waals surface area contributed by atoms with Crippen LogP contribution in [0.1, 0.15) is 18.5 Å². The van der Waals surface area contributed by atoms with Crippen molar-refractivity contribution in [1.82, 2.24) is 20.3 Å². The molecule has 2 saturated heterocycles. The summed E-state index contributed by atoms with van der Waals surface area (Å²) in [5.74, 6) is -0.309. The molecule has 0 radical (unpaired) electrons. The van der Waals surface area contributed by atoms with Gasteiger partial charge >= 0.3 is 16.4 Å². The van der Waals surface area contributed by atoms with Crippen LogP contribution in [0.2, 0.25) is 0 Å². The topological polar surface area (TPSA) is 129 Å². The number of hydrogen-bond acceptors (Lipinski definition) is 6. The number of amides is 3. The highest BCUT2D eigenvalue weighted by molar-refractivity contribution is 7.80. The van der Waals surface area contributed by atoms with Gasteiger partial charge in [-0.1, -0.05) is 6.07 Å². The van der Waals surface area contributed by atoms with E-state index in [2.05, 4.69) is 14.6 Å². The molecule has 25 heavy (non-hydrogen) atoms. The SMILES string of the molecule is O=C(NCCc1ccccn1)C1CCC2CN1C(=O)N2OS(=O)(=O)O. The van der Waals surface area contributed by atoms with Crippen LogP contribution >= 0.6 is 0 Å². The van der Waals surface area contributed by atoms with Crippen LogP contribution < -0.4 is 5.32 Å². The maximum atomic E-state index is 12.4. The highest BCUT2D eigenvalue weighted by Gasteiger charge is 2.49. The lowest BCUT2D eigenvalue weighted by molar-refractivity contribution is -0.126. The van der Waals surface area contributed by atoms with Gasteiger partial charge in [0.15, 0.2) is 0 Å². The van der Waals surface area contributed by atoms with Gasteiger partial charge in [0, 0.05) is 31.4 Å². The molecule has 3 rings (SSSR count). The number of hydroxylamine groups is 2. The van der Waals surface area contributed by atoms with Crippen molar-refractivity contribution in [3.05, 3.63) is 30.1 Å². The van der Waals surface area contributed by atoms with E-state index in [-0.39, 0.29) is 12.5 Å². The first-order valence-electron chi connectivity index (χ1n) is 7.79. The highest BCUT2D eigenvalue weighted by atomic mass is 32.3. The van der Waals surface area contributed by atoms with Gasteiger partial charge in [-0.3, -0.25) is 14.3 Å². The zero-order valence-electron chi connectivity index (χ0n) is 13.2. The Morgan fingerprint density at radius 1 is 1.40 bits per heavy atom. The predicted molar refractivity (Wildman–Crippen MR) is 84.3 cm³/mol. The average Bonchev–Trinajstić information content (AvgIpc) is 2.79. The summed E-state index contributed by atoms with van der Waals surface area (Å²) in [5.41, 5.74) is 0.844. The summed E-state index contributed by atoms with van der Waals surface area (Å²) in [5, 5.41) is 3.39. The number of nitrogens with one attached hydrogen (secondary N) is 1. The van der Waals surface area contributed by atoms with Crippen LogP contribution in [0.25, 0.3) is 0 Å². The molecule has 0 aliphatic carbocycles. The van der Waals surface area contributed by atoms with E-state index in [4.69, 9.17) is 4.55 Å². The summed E-state index contributed by atoms with van der Waals surface area (Å²) < 4.78 is 34.8. The molecule has 136 valence electrons. The molecular formula is C14H18N4O6S. The maximum Gasteiger partial charge on any atom is 0.418 e. The van der Waals surface area contributed by atoms with Gasteiger partial charge in [0.1, 0.15) is 6.04 Å². The van der Waals surface area contributed by atoms with Crippen molar-refractivity contribution in [2.24, 2.45) is 0 Å². The Kier molecular flexibility index (Phi) is 4.88. The number of pyridine rings is 1. The molecule has 0 aromatic carbocycles. The van der Waals surface area contributed by atoms with Crippen molar-refractivity contribution in [2.45, 2.75) is 31.3 Å². The van der Waals surface area contributed by atoms with E-state index < -0.39 is 28.5 Å². The number of rotatable bonds is 6. The molecule has 2 fully saturated rings. The summed E-state index contributed by atoms with van der Waals surface area (Å²) in [6, 6.07) is 3.57. The lowest BCUT2D eigenvalue weighted by atomic mass is 10.0. The molecule has 2 aliphatic rings. The van der Waals surface area contributed by atoms with Gasteiger partial charge in [-0.15, -0.1) is 4.28 Å². The van der Waals surface area contributed by atoms with Gasteiger partial charge in [0.25, 0.3) is 0 Å². The van der Waals surface area contributed by atoms with E-state index in [0.29, 0.717) is 30.9 Å². The minimum atomic E-state index is -4.79. The fraction of sp³-hybridized carbons (Fsp3) is 0.500. The number of carbonyl (C=O) groups excluding carboxylic acids is 2. The molecule has 10 nitrogen and oxygen atoms in total. The number of carbonyl (C=O) groups is 2. The van der Waals surface area contributed by atoms with Gasteiger partial charge in [-0.2, -0.15) is 13.5 Å². The van der Waals surface area contributed by atoms with E-state index in [1.807, 2.05) is 12.1 Å². The Morgan fingerprint density at radius 3 is 2.88 bits per heavy atom. The average molecular weight is 370 g/mol.